The van der Waals surface area contributed by atoms with Crippen molar-refractivity contribution in [3.63, 3.8) is 0 Å². The molecule has 0 aliphatic carbocycles. The summed E-state index contributed by atoms with van der Waals surface area (Å²) in [5.41, 5.74) is 0.998. The maximum Gasteiger partial charge on any atom is 0.243 e. The monoisotopic (exact) mass is 510 g/mol. The van der Waals surface area contributed by atoms with Crippen LogP contribution in [-0.4, -0.2) is 59.1 Å². The summed E-state index contributed by atoms with van der Waals surface area (Å²) in [6.45, 7) is 3.19. The Morgan fingerprint density at radius 3 is 2.53 bits per heavy atom. The number of nitrogens with one attached hydrogen (secondary N) is 1. The molecule has 0 unspecified atom stereocenters. The maximum atomic E-state index is 13.2. The highest BCUT2D eigenvalue weighted by atomic mass is 35.5. The Labute approximate surface area is 206 Å². The smallest absolute Gasteiger partial charge is 0.243 e. The van der Waals surface area contributed by atoms with Gasteiger partial charge in [-0.3, -0.25) is 4.79 Å². The minimum atomic E-state index is -3.77. The second kappa shape index (κ2) is 11.8. The summed E-state index contributed by atoms with van der Waals surface area (Å²) in [4.78, 5) is 12.9. The van der Waals surface area contributed by atoms with Crippen LogP contribution in [0.25, 0.3) is 0 Å². The highest BCUT2D eigenvalue weighted by Gasteiger charge is 2.33. The van der Waals surface area contributed by atoms with Gasteiger partial charge in [0, 0.05) is 19.6 Å². The van der Waals surface area contributed by atoms with Crippen molar-refractivity contribution in [2.24, 2.45) is 5.92 Å². The van der Waals surface area contributed by atoms with Gasteiger partial charge in [-0.05, 0) is 62.1 Å². The van der Waals surface area contributed by atoms with E-state index in [1.54, 1.807) is 20.3 Å². The van der Waals surface area contributed by atoms with Gasteiger partial charge in [-0.25, -0.2) is 8.42 Å². The minimum Gasteiger partial charge on any atom is -0.493 e. The molecule has 1 N–H and O–H groups in total. The number of hydrogen-bond acceptors (Lipinski definition) is 6. The summed E-state index contributed by atoms with van der Waals surface area (Å²) in [6, 6.07) is 10.1. The van der Waals surface area contributed by atoms with E-state index in [1.165, 1.54) is 16.4 Å². The molecule has 1 amide bonds. The van der Waals surface area contributed by atoms with Crippen LogP contribution in [0.15, 0.2) is 41.3 Å². The van der Waals surface area contributed by atoms with E-state index in [0.29, 0.717) is 56.2 Å². The van der Waals surface area contributed by atoms with E-state index in [2.05, 4.69) is 5.32 Å². The lowest BCUT2D eigenvalue weighted by molar-refractivity contribution is -0.126. The van der Waals surface area contributed by atoms with Gasteiger partial charge in [-0.15, -0.1) is 0 Å². The number of carbonyl (C=O) groups excluding carboxylic acids is 1. The van der Waals surface area contributed by atoms with E-state index < -0.39 is 15.9 Å². The standard InChI is InChI=1S/C24H31ClN2O6S/c1-4-33-21-10-8-19(15-20(21)25)34(29,30)27-13-5-6-18(16-27)24(28)26-12-11-17-7-9-22(31-2)23(14-17)32-3/h7-10,14-15,18H,4-6,11-13,16H2,1-3H3,(H,26,28)/t18-/m1/s1. The van der Waals surface area contributed by atoms with Gasteiger partial charge in [-0.2, -0.15) is 4.31 Å². The van der Waals surface area contributed by atoms with E-state index >= 15 is 0 Å². The second-order valence-electron chi connectivity index (χ2n) is 7.96. The molecule has 10 heteroatoms. The van der Waals surface area contributed by atoms with E-state index in [-0.39, 0.29) is 22.4 Å². The molecule has 0 radical (unpaired) electrons. The number of carbonyl (C=O) groups is 1. The van der Waals surface area contributed by atoms with Crippen LogP contribution in [0.2, 0.25) is 5.02 Å². The number of ether oxygens (including phenoxy) is 3. The van der Waals surface area contributed by atoms with Crippen molar-refractivity contribution in [2.45, 2.75) is 31.1 Å². The number of halogens is 1. The Kier molecular flexibility index (Phi) is 9.04. The topological polar surface area (TPSA) is 94.2 Å². The summed E-state index contributed by atoms with van der Waals surface area (Å²) >= 11 is 6.19. The zero-order valence-corrected chi connectivity index (χ0v) is 21.2. The average molecular weight is 511 g/mol. The van der Waals surface area contributed by atoms with E-state index in [1.807, 2.05) is 25.1 Å². The van der Waals surface area contributed by atoms with Crippen LogP contribution in [0.3, 0.4) is 0 Å². The van der Waals surface area contributed by atoms with Crippen LogP contribution >= 0.6 is 11.6 Å². The molecule has 3 rings (SSSR count). The van der Waals surface area contributed by atoms with E-state index in [4.69, 9.17) is 25.8 Å². The molecular weight excluding hydrogens is 480 g/mol. The first kappa shape index (κ1) is 26.1. The van der Waals surface area contributed by atoms with Crippen molar-refractivity contribution in [2.75, 3.05) is 40.5 Å². The Balaban J connectivity index is 1.59. The quantitative estimate of drug-likeness (QED) is 0.525. The number of rotatable bonds is 10. The molecule has 0 saturated carbocycles. The Bertz CT molecular complexity index is 1110. The van der Waals surface area contributed by atoms with Crippen LogP contribution in [0.4, 0.5) is 0 Å². The van der Waals surface area contributed by atoms with Crippen molar-refractivity contribution in [3.8, 4) is 17.2 Å². The van der Waals surface area contributed by atoms with Crippen LogP contribution in [0, 0.1) is 5.92 Å². The number of hydrogen-bond donors (Lipinski definition) is 1. The molecule has 1 fully saturated rings. The molecule has 1 aliphatic heterocycles. The van der Waals surface area contributed by atoms with Crippen LogP contribution in [-0.2, 0) is 21.2 Å². The number of nitrogens with zero attached hydrogens (tertiary/aromatic N) is 1. The van der Waals surface area contributed by atoms with Gasteiger partial charge in [0.05, 0.1) is 36.7 Å². The third kappa shape index (κ3) is 6.14. The van der Waals surface area contributed by atoms with Gasteiger partial charge in [0.1, 0.15) is 5.75 Å². The number of sulfonamides is 1. The van der Waals surface area contributed by atoms with Crippen LogP contribution in [0.1, 0.15) is 25.3 Å². The van der Waals surface area contributed by atoms with Gasteiger partial charge in [0.2, 0.25) is 15.9 Å². The number of benzene rings is 2. The minimum absolute atomic E-state index is 0.0930. The molecule has 2 aromatic rings. The number of piperidine rings is 1. The first-order valence-corrected chi connectivity index (χ1v) is 13.0. The molecule has 0 spiro atoms. The molecule has 34 heavy (non-hydrogen) atoms. The molecule has 1 atom stereocenters. The molecular formula is C24H31ClN2O6S. The fourth-order valence-corrected chi connectivity index (χ4v) is 5.80. The molecule has 8 nitrogen and oxygen atoms in total. The van der Waals surface area contributed by atoms with Crippen LogP contribution in [0.5, 0.6) is 17.2 Å². The lowest BCUT2D eigenvalue weighted by Crippen LogP contribution is -2.45. The van der Waals surface area contributed by atoms with Crippen molar-refractivity contribution >= 4 is 27.5 Å². The van der Waals surface area contributed by atoms with Crippen molar-refractivity contribution < 1.29 is 27.4 Å². The predicted molar refractivity (Wildman–Crippen MR) is 130 cm³/mol. The highest BCUT2D eigenvalue weighted by Crippen LogP contribution is 2.31. The molecule has 0 aromatic heterocycles. The lowest BCUT2D eigenvalue weighted by Gasteiger charge is -2.31. The summed E-state index contributed by atoms with van der Waals surface area (Å²) in [5.74, 6) is 1.16. The predicted octanol–water partition coefficient (Wildman–Crippen LogP) is 3.52. The lowest BCUT2D eigenvalue weighted by atomic mass is 9.99. The summed E-state index contributed by atoms with van der Waals surface area (Å²) < 4.78 is 43.6. The van der Waals surface area contributed by atoms with E-state index in [0.717, 1.165) is 5.56 Å². The molecule has 2 aromatic carbocycles. The van der Waals surface area contributed by atoms with Gasteiger partial charge >= 0.3 is 0 Å². The van der Waals surface area contributed by atoms with Gasteiger partial charge in [-0.1, -0.05) is 17.7 Å². The third-order valence-corrected chi connectivity index (χ3v) is 7.91. The molecule has 1 saturated heterocycles. The molecule has 0 bridgehead atoms. The molecule has 186 valence electrons. The summed E-state index contributed by atoms with van der Waals surface area (Å²) in [7, 11) is -0.617. The number of methoxy groups -OCH3 is 2. The first-order valence-electron chi connectivity index (χ1n) is 11.2. The van der Waals surface area contributed by atoms with Gasteiger partial charge < -0.3 is 19.5 Å². The molecule has 1 heterocycles. The van der Waals surface area contributed by atoms with Crippen molar-refractivity contribution in [1.29, 1.82) is 0 Å². The Morgan fingerprint density at radius 1 is 1.12 bits per heavy atom. The van der Waals surface area contributed by atoms with Gasteiger partial charge in [0.25, 0.3) is 0 Å². The second-order valence-corrected chi connectivity index (χ2v) is 10.3. The zero-order valence-electron chi connectivity index (χ0n) is 19.7. The highest BCUT2D eigenvalue weighted by molar-refractivity contribution is 7.89. The normalized spacial score (nSPS) is 16.6. The number of amides is 1. The summed E-state index contributed by atoms with van der Waals surface area (Å²) in [5, 5.41) is 3.18. The van der Waals surface area contributed by atoms with Crippen molar-refractivity contribution in [1.82, 2.24) is 9.62 Å². The van der Waals surface area contributed by atoms with Crippen LogP contribution < -0.4 is 19.5 Å². The van der Waals surface area contributed by atoms with Crippen molar-refractivity contribution in [3.05, 3.63) is 47.0 Å². The fourth-order valence-electron chi connectivity index (χ4n) is 3.95. The Hall–Kier alpha value is -2.49. The average Bonchev–Trinajstić information content (AvgIpc) is 2.85. The fraction of sp³-hybridized carbons (Fsp3) is 0.458. The van der Waals surface area contributed by atoms with Gasteiger partial charge in [0.15, 0.2) is 11.5 Å². The summed E-state index contributed by atoms with van der Waals surface area (Å²) in [6.07, 6.45) is 1.86. The largest absolute Gasteiger partial charge is 0.493 e. The SMILES string of the molecule is CCOc1ccc(S(=O)(=O)N2CCC[C@@H](C(=O)NCCc3ccc(OC)c(OC)c3)C2)cc1Cl. The maximum absolute atomic E-state index is 13.2. The van der Waals surface area contributed by atoms with E-state index in [9.17, 15) is 13.2 Å². The third-order valence-electron chi connectivity index (χ3n) is 5.76. The molecule has 1 aliphatic rings. The zero-order chi connectivity index (χ0) is 24.7. The first-order chi connectivity index (χ1) is 16.3. The Morgan fingerprint density at radius 2 is 1.85 bits per heavy atom.